The summed E-state index contributed by atoms with van der Waals surface area (Å²) in [5, 5.41) is 8.77. The van der Waals surface area contributed by atoms with Crippen LogP contribution in [0.4, 0.5) is 0 Å². The SMILES string of the molecule is COCCCCn1cccc(C(=O)O)c1=O. The third-order valence-corrected chi connectivity index (χ3v) is 2.25. The van der Waals surface area contributed by atoms with E-state index >= 15 is 0 Å². The van der Waals surface area contributed by atoms with E-state index in [0.717, 1.165) is 12.8 Å². The van der Waals surface area contributed by atoms with Crippen molar-refractivity contribution < 1.29 is 14.6 Å². The second-order valence-electron chi connectivity index (χ2n) is 3.43. The van der Waals surface area contributed by atoms with Gasteiger partial charge in [-0.15, -0.1) is 0 Å². The smallest absolute Gasteiger partial charge is 0.341 e. The zero-order valence-electron chi connectivity index (χ0n) is 9.18. The molecule has 1 aromatic heterocycles. The van der Waals surface area contributed by atoms with E-state index in [1.54, 1.807) is 19.4 Å². The van der Waals surface area contributed by atoms with Crippen molar-refractivity contribution in [2.45, 2.75) is 19.4 Å². The van der Waals surface area contributed by atoms with E-state index in [1.165, 1.54) is 10.6 Å². The van der Waals surface area contributed by atoms with Gasteiger partial charge in [0, 0.05) is 26.5 Å². The lowest BCUT2D eigenvalue weighted by molar-refractivity contribution is 0.0694. The van der Waals surface area contributed by atoms with Crippen molar-refractivity contribution in [3.63, 3.8) is 0 Å². The fraction of sp³-hybridized carbons (Fsp3) is 0.455. The molecule has 1 heterocycles. The van der Waals surface area contributed by atoms with Crippen molar-refractivity contribution in [1.82, 2.24) is 4.57 Å². The van der Waals surface area contributed by atoms with Crippen molar-refractivity contribution in [1.29, 1.82) is 0 Å². The van der Waals surface area contributed by atoms with Crippen LogP contribution in [0.1, 0.15) is 23.2 Å². The Kier molecular flexibility index (Phi) is 4.72. The Labute approximate surface area is 93.3 Å². The van der Waals surface area contributed by atoms with Crippen LogP contribution in [0.5, 0.6) is 0 Å². The zero-order chi connectivity index (χ0) is 12.0. The van der Waals surface area contributed by atoms with E-state index in [0.29, 0.717) is 13.2 Å². The number of hydrogen-bond acceptors (Lipinski definition) is 3. The van der Waals surface area contributed by atoms with Gasteiger partial charge in [0.15, 0.2) is 0 Å². The maximum absolute atomic E-state index is 11.6. The van der Waals surface area contributed by atoms with Crippen LogP contribution in [0.15, 0.2) is 23.1 Å². The topological polar surface area (TPSA) is 68.5 Å². The van der Waals surface area contributed by atoms with Crippen molar-refractivity contribution >= 4 is 5.97 Å². The van der Waals surface area contributed by atoms with Crippen LogP contribution in [0.25, 0.3) is 0 Å². The van der Waals surface area contributed by atoms with Crippen molar-refractivity contribution in [3.05, 3.63) is 34.2 Å². The standard InChI is InChI=1S/C11H15NO4/c1-16-8-3-2-6-12-7-4-5-9(10(12)13)11(14)15/h4-5,7H,2-3,6,8H2,1H3,(H,14,15). The lowest BCUT2D eigenvalue weighted by atomic mass is 10.2. The first-order chi connectivity index (χ1) is 7.66. The first kappa shape index (κ1) is 12.4. The fourth-order valence-electron chi connectivity index (χ4n) is 1.40. The molecule has 5 nitrogen and oxygen atoms in total. The molecule has 0 spiro atoms. The Bertz CT molecular complexity index is 411. The summed E-state index contributed by atoms with van der Waals surface area (Å²) in [6.07, 6.45) is 3.23. The predicted octanol–water partition coefficient (Wildman–Crippen LogP) is 0.973. The summed E-state index contributed by atoms with van der Waals surface area (Å²) >= 11 is 0. The molecule has 1 rings (SSSR count). The van der Waals surface area contributed by atoms with Gasteiger partial charge >= 0.3 is 5.97 Å². The number of methoxy groups -OCH3 is 1. The predicted molar refractivity (Wildman–Crippen MR) is 58.8 cm³/mol. The van der Waals surface area contributed by atoms with Crippen LogP contribution >= 0.6 is 0 Å². The molecule has 16 heavy (non-hydrogen) atoms. The minimum absolute atomic E-state index is 0.186. The molecule has 0 saturated carbocycles. The molecule has 0 aliphatic carbocycles. The molecule has 0 aliphatic rings. The monoisotopic (exact) mass is 225 g/mol. The average molecular weight is 225 g/mol. The van der Waals surface area contributed by atoms with Gasteiger partial charge in [-0.1, -0.05) is 0 Å². The fourth-order valence-corrected chi connectivity index (χ4v) is 1.40. The number of ether oxygens (including phenoxy) is 1. The molecule has 0 atom stereocenters. The number of pyridine rings is 1. The molecule has 0 aromatic carbocycles. The molecule has 0 fully saturated rings. The first-order valence-electron chi connectivity index (χ1n) is 5.08. The van der Waals surface area contributed by atoms with Gasteiger partial charge in [-0.2, -0.15) is 0 Å². The number of aromatic nitrogens is 1. The summed E-state index contributed by atoms with van der Waals surface area (Å²) < 4.78 is 6.31. The number of carboxylic acid groups (broad SMARTS) is 1. The Morgan fingerprint density at radius 2 is 2.25 bits per heavy atom. The summed E-state index contributed by atoms with van der Waals surface area (Å²) in [6.45, 7) is 1.16. The Balaban J connectivity index is 2.70. The second kappa shape index (κ2) is 6.07. The minimum Gasteiger partial charge on any atom is -0.477 e. The molecule has 88 valence electrons. The van der Waals surface area contributed by atoms with Gasteiger partial charge in [-0.3, -0.25) is 4.79 Å². The number of aryl methyl sites for hydroxylation is 1. The average Bonchev–Trinajstić information content (AvgIpc) is 2.26. The van der Waals surface area contributed by atoms with Crippen LogP contribution in [0.3, 0.4) is 0 Å². The number of unbranched alkanes of at least 4 members (excludes halogenated alkanes) is 1. The first-order valence-corrected chi connectivity index (χ1v) is 5.08. The number of aromatic carboxylic acids is 1. The number of carboxylic acids is 1. The number of hydrogen-bond donors (Lipinski definition) is 1. The summed E-state index contributed by atoms with van der Waals surface area (Å²) in [5.74, 6) is -1.18. The lowest BCUT2D eigenvalue weighted by Gasteiger charge is -2.05. The second-order valence-corrected chi connectivity index (χ2v) is 3.43. The molecule has 0 unspecified atom stereocenters. The Morgan fingerprint density at radius 1 is 1.50 bits per heavy atom. The number of rotatable bonds is 6. The summed E-state index contributed by atoms with van der Waals surface area (Å²) in [7, 11) is 1.62. The maximum Gasteiger partial charge on any atom is 0.341 e. The third-order valence-electron chi connectivity index (χ3n) is 2.25. The quantitative estimate of drug-likeness (QED) is 0.732. The molecular weight excluding hydrogens is 210 g/mol. The molecule has 0 aliphatic heterocycles. The molecule has 0 amide bonds. The molecule has 5 heteroatoms. The third kappa shape index (κ3) is 3.20. The molecule has 1 aromatic rings. The number of carbonyl (C=O) groups is 1. The normalized spacial score (nSPS) is 10.3. The van der Waals surface area contributed by atoms with E-state index in [1.807, 2.05) is 0 Å². The van der Waals surface area contributed by atoms with Gasteiger partial charge in [0.05, 0.1) is 0 Å². The van der Waals surface area contributed by atoms with Crippen molar-refractivity contribution in [2.24, 2.45) is 0 Å². The highest BCUT2D eigenvalue weighted by Gasteiger charge is 2.09. The summed E-state index contributed by atoms with van der Waals surface area (Å²) in [4.78, 5) is 22.3. The van der Waals surface area contributed by atoms with Gasteiger partial charge in [0.2, 0.25) is 0 Å². The van der Waals surface area contributed by atoms with Crippen LogP contribution < -0.4 is 5.56 Å². The van der Waals surface area contributed by atoms with Gasteiger partial charge < -0.3 is 14.4 Å². The molecule has 1 N–H and O–H groups in total. The summed E-state index contributed by atoms with van der Waals surface area (Å²) in [5.41, 5.74) is -0.637. The Morgan fingerprint density at radius 3 is 2.88 bits per heavy atom. The van der Waals surface area contributed by atoms with E-state index < -0.39 is 11.5 Å². The maximum atomic E-state index is 11.6. The highest BCUT2D eigenvalue weighted by molar-refractivity contribution is 5.86. The van der Waals surface area contributed by atoms with Gasteiger partial charge in [0.1, 0.15) is 5.56 Å². The lowest BCUT2D eigenvalue weighted by Crippen LogP contribution is -2.25. The zero-order valence-corrected chi connectivity index (χ0v) is 9.18. The van der Waals surface area contributed by atoms with Gasteiger partial charge in [-0.25, -0.2) is 4.79 Å². The van der Waals surface area contributed by atoms with Crippen molar-refractivity contribution in [2.75, 3.05) is 13.7 Å². The van der Waals surface area contributed by atoms with Crippen LogP contribution in [0.2, 0.25) is 0 Å². The van der Waals surface area contributed by atoms with Crippen molar-refractivity contribution in [3.8, 4) is 0 Å². The summed E-state index contributed by atoms with van der Waals surface area (Å²) in [6, 6.07) is 2.89. The van der Waals surface area contributed by atoms with Crippen LogP contribution in [-0.2, 0) is 11.3 Å². The van der Waals surface area contributed by atoms with E-state index in [9.17, 15) is 9.59 Å². The highest BCUT2D eigenvalue weighted by atomic mass is 16.5. The minimum atomic E-state index is -1.18. The molecule has 0 radical (unpaired) electrons. The highest BCUT2D eigenvalue weighted by Crippen LogP contribution is 1.96. The van der Waals surface area contributed by atoms with Crippen LogP contribution in [-0.4, -0.2) is 29.4 Å². The number of nitrogens with zero attached hydrogens (tertiary/aromatic N) is 1. The van der Waals surface area contributed by atoms with Crippen LogP contribution in [0, 0.1) is 0 Å². The Hall–Kier alpha value is -1.62. The van der Waals surface area contributed by atoms with E-state index in [4.69, 9.17) is 9.84 Å². The molecule has 0 bridgehead atoms. The van der Waals surface area contributed by atoms with E-state index in [-0.39, 0.29) is 5.56 Å². The van der Waals surface area contributed by atoms with Gasteiger partial charge in [0.25, 0.3) is 5.56 Å². The van der Waals surface area contributed by atoms with Gasteiger partial charge in [-0.05, 0) is 25.0 Å². The van der Waals surface area contributed by atoms with E-state index in [2.05, 4.69) is 0 Å². The molecular formula is C11H15NO4. The molecule has 0 saturated heterocycles. The largest absolute Gasteiger partial charge is 0.477 e.